The second-order valence-electron chi connectivity index (χ2n) is 6.41. The van der Waals surface area contributed by atoms with Crippen LogP contribution in [0.25, 0.3) is 22.0 Å². The van der Waals surface area contributed by atoms with Gasteiger partial charge in [0.1, 0.15) is 0 Å². The van der Waals surface area contributed by atoms with E-state index in [1.165, 1.54) is 18.6 Å². The molecule has 1 nitrogen and oxygen atoms in total. The number of unbranched alkanes of at least 4 members (excludes halogenated alkanes) is 3. The van der Waals surface area contributed by atoms with Crippen molar-refractivity contribution in [2.45, 2.75) is 45.2 Å². The van der Waals surface area contributed by atoms with Crippen molar-refractivity contribution in [3.8, 4) is 11.1 Å². The average molecular weight is 345 g/mol. The van der Waals surface area contributed by atoms with E-state index in [9.17, 15) is 13.2 Å². The highest BCUT2D eigenvalue weighted by Crippen LogP contribution is 2.37. The van der Waals surface area contributed by atoms with Crippen LogP contribution in [-0.2, 0) is 12.6 Å². The maximum atomic E-state index is 13.1. The van der Waals surface area contributed by atoms with E-state index in [4.69, 9.17) is 0 Å². The molecule has 2 aromatic carbocycles. The zero-order valence-corrected chi connectivity index (χ0v) is 14.3. The Labute approximate surface area is 145 Å². The van der Waals surface area contributed by atoms with Crippen molar-refractivity contribution in [1.29, 1.82) is 0 Å². The summed E-state index contributed by atoms with van der Waals surface area (Å²) in [7, 11) is 0. The summed E-state index contributed by atoms with van der Waals surface area (Å²) < 4.78 is 39.3. The van der Waals surface area contributed by atoms with Crippen molar-refractivity contribution in [2.75, 3.05) is 0 Å². The first-order valence-corrected chi connectivity index (χ1v) is 8.78. The van der Waals surface area contributed by atoms with Gasteiger partial charge in [-0.05, 0) is 36.6 Å². The molecule has 0 amide bonds. The van der Waals surface area contributed by atoms with Gasteiger partial charge in [-0.2, -0.15) is 13.2 Å². The molecule has 0 saturated carbocycles. The number of hydrogen-bond acceptors (Lipinski definition) is 0. The van der Waals surface area contributed by atoms with Crippen molar-refractivity contribution in [3.05, 3.63) is 59.8 Å². The molecular weight excluding hydrogens is 323 g/mol. The highest BCUT2D eigenvalue weighted by atomic mass is 19.4. The Hall–Kier alpha value is -2.23. The first-order valence-electron chi connectivity index (χ1n) is 8.78. The number of hydrogen-bond donors (Lipinski definition) is 1. The lowest BCUT2D eigenvalue weighted by Crippen LogP contribution is -2.04. The SMILES string of the molecule is CCCCCCc1[nH]c2ccccc2c1-c1cccc(C(F)(F)F)c1. The lowest BCUT2D eigenvalue weighted by molar-refractivity contribution is -0.137. The van der Waals surface area contributed by atoms with E-state index in [0.717, 1.165) is 53.9 Å². The number of aromatic amines is 1. The zero-order valence-electron chi connectivity index (χ0n) is 14.3. The van der Waals surface area contributed by atoms with Gasteiger partial charge in [-0.25, -0.2) is 0 Å². The Morgan fingerprint density at radius 1 is 0.920 bits per heavy atom. The van der Waals surface area contributed by atoms with Crippen LogP contribution in [0.1, 0.15) is 43.9 Å². The molecule has 0 saturated heterocycles. The molecule has 0 atom stereocenters. The molecule has 132 valence electrons. The topological polar surface area (TPSA) is 15.8 Å². The second-order valence-corrected chi connectivity index (χ2v) is 6.41. The summed E-state index contributed by atoms with van der Waals surface area (Å²) in [5.41, 5.74) is 2.92. The summed E-state index contributed by atoms with van der Waals surface area (Å²) in [6, 6.07) is 13.4. The highest BCUT2D eigenvalue weighted by molar-refractivity contribution is 5.97. The fourth-order valence-electron chi connectivity index (χ4n) is 3.29. The smallest absolute Gasteiger partial charge is 0.358 e. The summed E-state index contributed by atoms with van der Waals surface area (Å²) in [5, 5.41) is 0.979. The van der Waals surface area contributed by atoms with Crippen molar-refractivity contribution in [2.24, 2.45) is 0 Å². The molecule has 0 aliphatic carbocycles. The number of halogens is 3. The van der Waals surface area contributed by atoms with Gasteiger partial charge in [0.05, 0.1) is 5.56 Å². The highest BCUT2D eigenvalue weighted by Gasteiger charge is 2.30. The number of alkyl halides is 3. The van der Waals surface area contributed by atoms with E-state index in [1.807, 2.05) is 24.3 Å². The Kier molecular flexibility index (Phi) is 5.16. The Balaban J connectivity index is 2.04. The van der Waals surface area contributed by atoms with E-state index < -0.39 is 11.7 Å². The van der Waals surface area contributed by atoms with Crippen molar-refractivity contribution in [1.82, 2.24) is 4.98 Å². The number of nitrogens with one attached hydrogen (secondary N) is 1. The minimum Gasteiger partial charge on any atom is -0.358 e. The summed E-state index contributed by atoms with van der Waals surface area (Å²) in [4.78, 5) is 3.42. The lowest BCUT2D eigenvalue weighted by Gasteiger charge is -2.10. The largest absolute Gasteiger partial charge is 0.416 e. The van der Waals surface area contributed by atoms with Gasteiger partial charge in [-0.15, -0.1) is 0 Å². The molecule has 1 aromatic heterocycles. The molecule has 0 spiro atoms. The van der Waals surface area contributed by atoms with Crippen LogP contribution < -0.4 is 0 Å². The van der Waals surface area contributed by atoms with Crippen LogP contribution in [-0.4, -0.2) is 4.98 Å². The standard InChI is InChI=1S/C21H22F3N/c1-2-3-4-5-13-19-20(17-11-6-7-12-18(17)25-19)15-9-8-10-16(14-15)21(22,23)24/h6-12,14,25H,2-5,13H2,1H3. The molecule has 3 rings (SSSR count). The molecule has 0 bridgehead atoms. The van der Waals surface area contributed by atoms with Crippen molar-refractivity contribution < 1.29 is 13.2 Å². The Bertz CT molecular complexity index is 846. The van der Waals surface area contributed by atoms with E-state index in [2.05, 4.69) is 11.9 Å². The molecule has 1 heterocycles. The van der Waals surface area contributed by atoms with Crippen LogP contribution in [0.4, 0.5) is 13.2 Å². The third-order valence-electron chi connectivity index (χ3n) is 4.54. The Morgan fingerprint density at radius 2 is 1.72 bits per heavy atom. The quantitative estimate of drug-likeness (QED) is 0.464. The zero-order chi connectivity index (χ0) is 17.9. The van der Waals surface area contributed by atoms with Gasteiger partial charge < -0.3 is 4.98 Å². The number of para-hydroxylation sites is 1. The fraction of sp³-hybridized carbons (Fsp3) is 0.333. The van der Waals surface area contributed by atoms with Gasteiger partial charge >= 0.3 is 6.18 Å². The number of benzene rings is 2. The van der Waals surface area contributed by atoms with Crippen molar-refractivity contribution in [3.63, 3.8) is 0 Å². The molecule has 0 aliphatic rings. The van der Waals surface area contributed by atoms with Gasteiger partial charge in [-0.1, -0.05) is 56.5 Å². The van der Waals surface area contributed by atoms with Gasteiger partial charge in [0.15, 0.2) is 0 Å². The number of aromatic nitrogens is 1. The predicted molar refractivity (Wildman–Crippen MR) is 96.6 cm³/mol. The van der Waals surface area contributed by atoms with E-state index >= 15 is 0 Å². The predicted octanol–water partition coefficient (Wildman–Crippen LogP) is 6.98. The number of aryl methyl sites for hydroxylation is 1. The summed E-state index contributed by atoms with van der Waals surface area (Å²) >= 11 is 0. The maximum Gasteiger partial charge on any atom is 0.416 e. The monoisotopic (exact) mass is 345 g/mol. The normalized spacial score (nSPS) is 12.0. The van der Waals surface area contributed by atoms with Gasteiger partial charge in [0.2, 0.25) is 0 Å². The molecule has 0 fully saturated rings. The third-order valence-corrected chi connectivity index (χ3v) is 4.54. The molecular formula is C21H22F3N. The van der Waals surface area contributed by atoms with Crippen molar-refractivity contribution >= 4 is 10.9 Å². The molecule has 4 heteroatoms. The van der Waals surface area contributed by atoms with Gasteiger partial charge in [-0.3, -0.25) is 0 Å². The molecule has 0 radical (unpaired) electrons. The third kappa shape index (κ3) is 3.89. The molecule has 3 aromatic rings. The van der Waals surface area contributed by atoms with Crippen LogP contribution >= 0.6 is 0 Å². The lowest BCUT2D eigenvalue weighted by atomic mass is 9.97. The van der Waals surface area contributed by atoms with E-state index in [0.29, 0.717) is 5.56 Å². The van der Waals surface area contributed by atoms with Crippen LogP contribution in [0.5, 0.6) is 0 Å². The minimum absolute atomic E-state index is 0.604. The molecule has 25 heavy (non-hydrogen) atoms. The van der Waals surface area contributed by atoms with Crippen LogP contribution in [0.15, 0.2) is 48.5 Å². The van der Waals surface area contributed by atoms with E-state index in [1.54, 1.807) is 6.07 Å². The molecule has 1 N–H and O–H groups in total. The van der Waals surface area contributed by atoms with Crippen LogP contribution in [0.3, 0.4) is 0 Å². The van der Waals surface area contributed by atoms with Crippen LogP contribution in [0, 0.1) is 0 Å². The first-order chi connectivity index (χ1) is 12.0. The van der Waals surface area contributed by atoms with Gasteiger partial charge in [0, 0.05) is 22.2 Å². The van der Waals surface area contributed by atoms with Gasteiger partial charge in [0.25, 0.3) is 0 Å². The number of fused-ring (bicyclic) bond motifs is 1. The van der Waals surface area contributed by atoms with E-state index in [-0.39, 0.29) is 0 Å². The summed E-state index contributed by atoms with van der Waals surface area (Å²) in [5.74, 6) is 0. The fourth-order valence-corrected chi connectivity index (χ4v) is 3.29. The maximum absolute atomic E-state index is 13.1. The molecule has 0 aliphatic heterocycles. The number of H-pyrrole nitrogens is 1. The minimum atomic E-state index is -4.33. The summed E-state index contributed by atoms with van der Waals surface area (Å²) in [6.45, 7) is 2.16. The first kappa shape index (κ1) is 17.6. The molecule has 0 unspecified atom stereocenters. The summed E-state index contributed by atoms with van der Waals surface area (Å²) in [6.07, 6.45) is 1.02. The van der Waals surface area contributed by atoms with Crippen LogP contribution in [0.2, 0.25) is 0 Å². The second kappa shape index (κ2) is 7.34. The Morgan fingerprint density at radius 3 is 2.48 bits per heavy atom. The average Bonchev–Trinajstić information content (AvgIpc) is 2.96. The number of rotatable bonds is 6.